The van der Waals surface area contributed by atoms with Gasteiger partial charge in [0.05, 0.1) is 6.54 Å². The number of carbonyl (C=O) groups excluding carboxylic acids is 1. The van der Waals surface area contributed by atoms with Crippen LogP contribution in [-0.2, 0) is 4.79 Å². The van der Waals surface area contributed by atoms with Crippen molar-refractivity contribution in [3.8, 4) is 0 Å². The quantitative estimate of drug-likeness (QED) is 0.735. The monoisotopic (exact) mass is 267 g/mol. The summed E-state index contributed by atoms with van der Waals surface area (Å²) in [5.41, 5.74) is 5.96. The Labute approximate surface area is 117 Å². The van der Waals surface area contributed by atoms with Crippen molar-refractivity contribution in [3.63, 3.8) is 0 Å². The first-order valence-electron chi connectivity index (χ1n) is 7.95. The molecule has 0 bridgehead atoms. The minimum absolute atomic E-state index is 0.204. The van der Waals surface area contributed by atoms with Crippen LogP contribution in [0.4, 0.5) is 0 Å². The molecular formula is C15H29N3O. The van der Waals surface area contributed by atoms with Crippen LogP contribution in [0.3, 0.4) is 0 Å². The third-order valence-corrected chi connectivity index (χ3v) is 4.40. The molecule has 0 aromatic carbocycles. The van der Waals surface area contributed by atoms with E-state index in [1.165, 1.54) is 12.8 Å². The number of nitrogens with two attached hydrogens (primary N) is 1. The zero-order valence-electron chi connectivity index (χ0n) is 12.2. The molecule has 0 spiro atoms. The van der Waals surface area contributed by atoms with E-state index < -0.39 is 0 Å². The lowest BCUT2D eigenvalue weighted by molar-refractivity contribution is -0.123. The summed E-state index contributed by atoms with van der Waals surface area (Å²) in [6, 6.07) is 0.940. The molecular weight excluding hydrogens is 238 g/mol. The Morgan fingerprint density at radius 3 is 2.47 bits per heavy atom. The Kier molecular flexibility index (Phi) is 5.64. The first kappa shape index (κ1) is 14.8. The average Bonchev–Trinajstić information content (AvgIpc) is 3.21. The van der Waals surface area contributed by atoms with Gasteiger partial charge in [-0.25, -0.2) is 0 Å². The molecule has 0 unspecified atom stereocenters. The van der Waals surface area contributed by atoms with Crippen LogP contribution < -0.4 is 11.1 Å². The maximum atomic E-state index is 12.0. The van der Waals surface area contributed by atoms with E-state index in [1.54, 1.807) is 0 Å². The summed E-state index contributed by atoms with van der Waals surface area (Å²) in [7, 11) is 0. The summed E-state index contributed by atoms with van der Waals surface area (Å²) in [4.78, 5) is 14.4. The van der Waals surface area contributed by atoms with Crippen LogP contribution in [0, 0.1) is 5.92 Å². The molecule has 1 amide bonds. The van der Waals surface area contributed by atoms with Crippen molar-refractivity contribution in [1.29, 1.82) is 0 Å². The maximum Gasteiger partial charge on any atom is 0.234 e. The van der Waals surface area contributed by atoms with Crippen LogP contribution >= 0.6 is 0 Å². The van der Waals surface area contributed by atoms with E-state index >= 15 is 0 Å². The van der Waals surface area contributed by atoms with Crippen molar-refractivity contribution in [2.75, 3.05) is 19.6 Å². The molecule has 0 aromatic rings. The van der Waals surface area contributed by atoms with Crippen molar-refractivity contribution in [2.45, 2.75) is 64.0 Å². The van der Waals surface area contributed by atoms with Crippen molar-refractivity contribution >= 4 is 5.91 Å². The highest BCUT2D eigenvalue weighted by atomic mass is 16.2. The third kappa shape index (κ3) is 5.11. The second-order valence-electron chi connectivity index (χ2n) is 6.29. The summed E-state index contributed by atoms with van der Waals surface area (Å²) in [5.74, 6) is 0.964. The summed E-state index contributed by atoms with van der Waals surface area (Å²) < 4.78 is 0. The van der Waals surface area contributed by atoms with E-state index in [4.69, 9.17) is 5.73 Å². The lowest BCUT2D eigenvalue weighted by atomic mass is 9.90. The van der Waals surface area contributed by atoms with Crippen molar-refractivity contribution in [2.24, 2.45) is 11.7 Å². The van der Waals surface area contributed by atoms with Gasteiger partial charge in [0.1, 0.15) is 0 Å². The van der Waals surface area contributed by atoms with Gasteiger partial charge in [-0.2, -0.15) is 0 Å². The minimum atomic E-state index is 0.204. The van der Waals surface area contributed by atoms with E-state index in [1.807, 2.05) is 0 Å². The second kappa shape index (κ2) is 7.25. The molecule has 4 heteroatoms. The zero-order chi connectivity index (χ0) is 13.7. The molecule has 0 aliphatic heterocycles. The van der Waals surface area contributed by atoms with Crippen LogP contribution in [0.2, 0.25) is 0 Å². The third-order valence-electron chi connectivity index (χ3n) is 4.40. The topological polar surface area (TPSA) is 58.4 Å². The van der Waals surface area contributed by atoms with Crippen LogP contribution in [0.5, 0.6) is 0 Å². The molecule has 4 nitrogen and oxygen atoms in total. The van der Waals surface area contributed by atoms with E-state index in [0.29, 0.717) is 18.6 Å². The normalized spacial score (nSPS) is 27.5. The summed E-state index contributed by atoms with van der Waals surface area (Å²) in [5, 5.41) is 3.08. The zero-order valence-corrected chi connectivity index (χ0v) is 12.2. The molecule has 19 heavy (non-hydrogen) atoms. The first-order chi connectivity index (χ1) is 9.19. The molecule has 0 saturated heterocycles. The van der Waals surface area contributed by atoms with Crippen molar-refractivity contribution < 1.29 is 4.79 Å². The number of amides is 1. The molecule has 0 heterocycles. The summed E-state index contributed by atoms with van der Waals surface area (Å²) >= 11 is 0. The van der Waals surface area contributed by atoms with Crippen LogP contribution in [0.15, 0.2) is 0 Å². The highest BCUT2D eigenvalue weighted by Crippen LogP contribution is 2.27. The lowest BCUT2D eigenvalue weighted by Crippen LogP contribution is -2.46. The van der Waals surface area contributed by atoms with E-state index in [0.717, 1.165) is 51.1 Å². The van der Waals surface area contributed by atoms with Crippen LogP contribution in [0.25, 0.3) is 0 Å². The molecule has 2 aliphatic carbocycles. The first-order valence-corrected chi connectivity index (χ1v) is 7.95. The van der Waals surface area contributed by atoms with Gasteiger partial charge < -0.3 is 11.1 Å². The predicted molar refractivity (Wildman–Crippen MR) is 77.8 cm³/mol. The number of rotatable bonds is 7. The number of nitrogens with zero attached hydrogens (tertiary/aromatic N) is 1. The molecule has 2 aliphatic rings. The van der Waals surface area contributed by atoms with Crippen LogP contribution in [0.1, 0.15) is 51.9 Å². The largest absolute Gasteiger partial charge is 0.355 e. The van der Waals surface area contributed by atoms with Gasteiger partial charge in [0.25, 0.3) is 0 Å². The van der Waals surface area contributed by atoms with E-state index in [-0.39, 0.29) is 5.91 Å². The van der Waals surface area contributed by atoms with Gasteiger partial charge in [-0.05, 0) is 57.4 Å². The van der Waals surface area contributed by atoms with Crippen LogP contribution in [-0.4, -0.2) is 42.5 Å². The highest BCUT2D eigenvalue weighted by molar-refractivity contribution is 5.78. The summed E-state index contributed by atoms with van der Waals surface area (Å²) in [6.07, 6.45) is 8.20. The fourth-order valence-electron chi connectivity index (χ4n) is 2.97. The Bertz CT molecular complexity index is 283. The van der Waals surface area contributed by atoms with E-state index in [2.05, 4.69) is 17.1 Å². The van der Waals surface area contributed by atoms with Gasteiger partial charge in [0.15, 0.2) is 0 Å². The fraction of sp³-hybridized carbons (Fsp3) is 0.933. The van der Waals surface area contributed by atoms with Gasteiger partial charge in [0.2, 0.25) is 5.91 Å². The summed E-state index contributed by atoms with van der Waals surface area (Å²) in [6.45, 7) is 4.66. The number of nitrogens with one attached hydrogen (secondary N) is 1. The van der Waals surface area contributed by atoms with Crippen molar-refractivity contribution in [3.05, 3.63) is 0 Å². The Hall–Kier alpha value is -0.610. The highest BCUT2D eigenvalue weighted by Gasteiger charge is 2.26. The Morgan fingerprint density at radius 2 is 1.89 bits per heavy atom. The molecule has 2 fully saturated rings. The average molecular weight is 267 g/mol. The molecule has 3 N–H and O–H groups in total. The molecule has 2 rings (SSSR count). The Morgan fingerprint density at radius 1 is 1.21 bits per heavy atom. The standard InChI is InChI=1S/C15H29N3O/c1-2-9-18(14-7-5-13(16)6-8-14)11-15(19)17-10-12-3-4-12/h12-14H,2-11,16H2,1H3,(H,17,19). The smallest absolute Gasteiger partial charge is 0.234 e. The van der Waals surface area contributed by atoms with Gasteiger partial charge in [-0.15, -0.1) is 0 Å². The van der Waals surface area contributed by atoms with E-state index in [9.17, 15) is 4.79 Å². The number of hydrogen-bond donors (Lipinski definition) is 2. The number of hydrogen-bond acceptors (Lipinski definition) is 3. The van der Waals surface area contributed by atoms with Gasteiger partial charge in [-0.3, -0.25) is 9.69 Å². The lowest BCUT2D eigenvalue weighted by Gasteiger charge is -2.35. The predicted octanol–water partition coefficient (Wildman–Crippen LogP) is 1.49. The van der Waals surface area contributed by atoms with Gasteiger partial charge in [0, 0.05) is 18.6 Å². The molecule has 0 radical (unpaired) electrons. The minimum Gasteiger partial charge on any atom is -0.355 e. The van der Waals surface area contributed by atoms with Gasteiger partial charge >= 0.3 is 0 Å². The van der Waals surface area contributed by atoms with Gasteiger partial charge in [-0.1, -0.05) is 6.92 Å². The van der Waals surface area contributed by atoms with Crippen molar-refractivity contribution in [1.82, 2.24) is 10.2 Å². The molecule has 0 aromatic heterocycles. The molecule has 2 saturated carbocycles. The Balaban J connectivity index is 1.75. The molecule has 0 atom stereocenters. The SMILES string of the molecule is CCCN(CC(=O)NCC1CC1)C1CCC(N)CC1. The number of carbonyl (C=O) groups is 1. The second-order valence-corrected chi connectivity index (χ2v) is 6.29. The maximum absolute atomic E-state index is 12.0. The fourth-order valence-corrected chi connectivity index (χ4v) is 2.97. The molecule has 110 valence electrons.